The summed E-state index contributed by atoms with van der Waals surface area (Å²) in [6.45, 7) is -0.0198. The van der Waals surface area contributed by atoms with Crippen molar-refractivity contribution >= 4 is 38.9 Å². The van der Waals surface area contributed by atoms with E-state index in [0.717, 1.165) is 28.3 Å². The van der Waals surface area contributed by atoms with Crippen molar-refractivity contribution in [1.29, 1.82) is 0 Å². The Morgan fingerprint density at radius 2 is 1.66 bits per heavy atom. The van der Waals surface area contributed by atoms with Crippen molar-refractivity contribution < 1.29 is 28.5 Å². The Kier molecular flexibility index (Phi) is 9.96. The third-order valence-corrected chi connectivity index (χ3v) is 6.49. The average Bonchev–Trinajstić information content (AvgIpc) is 2.88. The maximum atomic E-state index is 11.5. The quantitative estimate of drug-likeness (QED) is 0.173. The lowest BCUT2D eigenvalue weighted by atomic mass is 10.0. The Morgan fingerprint density at radius 3 is 2.37 bits per heavy atom. The Hall–Kier alpha value is -3.34. The molecule has 0 saturated heterocycles. The molecule has 4 aromatic rings. The van der Waals surface area contributed by atoms with Gasteiger partial charge in [0, 0.05) is 18.0 Å². The van der Waals surface area contributed by atoms with Crippen LogP contribution in [0.15, 0.2) is 84.9 Å². The van der Waals surface area contributed by atoms with E-state index >= 15 is 0 Å². The van der Waals surface area contributed by atoms with E-state index in [9.17, 15) is 23.7 Å². The second kappa shape index (κ2) is 12.9. The van der Waals surface area contributed by atoms with Gasteiger partial charge >= 0.3 is 0 Å². The van der Waals surface area contributed by atoms with Crippen molar-refractivity contribution in [3.8, 4) is 17.2 Å². The lowest BCUT2D eigenvalue weighted by Crippen LogP contribution is -2.37. The van der Waals surface area contributed by atoms with Crippen molar-refractivity contribution in [2.75, 3.05) is 24.1 Å². The van der Waals surface area contributed by atoms with E-state index in [4.69, 9.17) is 4.74 Å². The zero-order valence-electron chi connectivity index (χ0n) is 20.7. The van der Waals surface area contributed by atoms with Crippen LogP contribution < -0.4 is 14.8 Å². The molecule has 0 amide bonds. The molecule has 10 heteroatoms. The number of aliphatic hydroxyl groups is 2. The van der Waals surface area contributed by atoms with Crippen LogP contribution in [0.3, 0.4) is 0 Å². The number of fused-ring (bicyclic) bond motifs is 1. The van der Waals surface area contributed by atoms with E-state index in [1.165, 1.54) is 18.2 Å². The van der Waals surface area contributed by atoms with Crippen LogP contribution in [-0.2, 0) is 16.4 Å². The van der Waals surface area contributed by atoms with Gasteiger partial charge in [0.2, 0.25) is 10.0 Å². The summed E-state index contributed by atoms with van der Waals surface area (Å²) < 4.78 is 31.3. The number of halogens is 1. The number of sulfonamides is 1. The van der Waals surface area contributed by atoms with Crippen LogP contribution in [0.5, 0.6) is 17.2 Å². The first kappa shape index (κ1) is 29.2. The molecule has 5 N–H and O–H groups in total. The van der Waals surface area contributed by atoms with Gasteiger partial charge in [0.1, 0.15) is 17.2 Å². The molecule has 0 aliphatic rings. The SMILES string of the molecule is CS(=O)(=O)Nc1cc([C@@H](O)CNC(CO)Cc2ccc(Oc3cccc4ccccc34)cc2)ccc1O.Cl. The Balaban J connectivity index is 0.00000400. The fourth-order valence-electron chi connectivity index (χ4n) is 4.03. The van der Waals surface area contributed by atoms with Crippen LogP contribution in [0.25, 0.3) is 10.8 Å². The minimum absolute atomic E-state index is 0. The van der Waals surface area contributed by atoms with Crippen molar-refractivity contribution in [1.82, 2.24) is 5.32 Å². The number of hydrogen-bond acceptors (Lipinski definition) is 7. The molecule has 0 spiro atoms. The van der Waals surface area contributed by atoms with E-state index in [0.29, 0.717) is 17.7 Å². The van der Waals surface area contributed by atoms with E-state index in [2.05, 4.69) is 10.0 Å². The highest BCUT2D eigenvalue weighted by atomic mass is 35.5. The third-order valence-electron chi connectivity index (χ3n) is 5.90. The third kappa shape index (κ3) is 7.83. The van der Waals surface area contributed by atoms with Gasteiger partial charge in [0.15, 0.2) is 0 Å². The first-order valence-corrected chi connectivity index (χ1v) is 13.7. The van der Waals surface area contributed by atoms with Crippen LogP contribution in [0.4, 0.5) is 5.69 Å². The number of ether oxygens (including phenoxy) is 1. The number of benzene rings is 4. The van der Waals surface area contributed by atoms with E-state index in [1.54, 1.807) is 0 Å². The predicted molar refractivity (Wildman–Crippen MR) is 152 cm³/mol. The molecule has 0 bridgehead atoms. The summed E-state index contributed by atoms with van der Waals surface area (Å²) in [7, 11) is -3.59. The molecular formula is C28H31ClN2O6S. The number of anilines is 1. The van der Waals surface area contributed by atoms with E-state index in [1.807, 2.05) is 66.7 Å². The van der Waals surface area contributed by atoms with Crippen LogP contribution in [-0.4, -0.2) is 49.2 Å². The molecule has 1 unspecified atom stereocenters. The van der Waals surface area contributed by atoms with Gasteiger partial charge in [-0.25, -0.2) is 8.42 Å². The molecule has 38 heavy (non-hydrogen) atoms. The number of phenols is 1. The second-order valence-electron chi connectivity index (χ2n) is 8.88. The molecule has 0 saturated carbocycles. The fraction of sp³-hybridized carbons (Fsp3) is 0.214. The van der Waals surface area contributed by atoms with Gasteiger partial charge in [-0.15, -0.1) is 12.4 Å². The average molecular weight is 559 g/mol. The maximum absolute atomic E-state index is 11.5. The normalized spacial score (nSPS) is 12.9. The standard InChI is InChI=1S/C28H30N2O6S.ClH/c1-37(34,35)30-25-16-21(11-14-26(25)32)27(33)17-29-22(18-31)15-19-9-12-23(13-10-19)36-28-8-4-6-20-5-2-3-7-24(20)28;/h2-14,16,22,27,29-33H,15,17-18H2,1H3;1H/t22?,27-;/m0./s1. The largest absolute Gasteiger partial charge is 0.506 e. The summed E-state index contributed by atoms with van der Waals surface area (Å²) in [6, 6.07) is 25.5. The second-order valence-corrected chi connectivity index (χ2v) is 10.6. The van der Waals surface area contributed by atoms with Crippen molar-refractivity contribution in [2.45, 2.75) is 18.6 Å². The Bertz CT molecular complexity index is 1460. The highest BCUT2D eigenvalue weighted by molar-refractivity contribution is 7.92. The summed E-state index contributed by atoms with van der Waals surface area (Å²) >= 11 is 0. The van der Waals surface area contributed by atoms with Crippen LogP contribution in [0, 0.1) is 0 Å². The maximum Gasteiger partial charge on any atom is 0.229 e. The minimum Gasteiger partial charge on any atom is -0.506 e. The molecule has 0 radical (unpaired) electrons. The van der Waals surface area contributed by atoms with Crippen molar-refractivity contribution in [3.05, 3.63) is 96.1 Å². The van der Waals surface area contributed by atoms with Crippen LogP contribution >= 0.6 is 12.4 Å². The summed E-state index contributed by atoms with van der Waals surface area (Å²) in [6.07, 6.45) is 0.519. The molecule has 202 valence electrons. The zero-order valence-corrected chi connectivity index (χ0v) is 22.4. The number of aromatic hydroxyl groups is 1. The first-order valence-electron chi connectivity index (χ1n) is 11.8. The molecule has 4 rings (SSSR count). The van der Waals surface area contributed by atoms with E-state index < -0.39 is 16.1 Å². The zero-order chi connectivity index (χ0) is 26.4. The summed E-state index contributed by atoms with van der Waals surface area (Å²) in [5, 5.41) is 35.6. The summed E-state index contributed by atoms with van der Waals surface area (Å²) in [4.78, 5) is 0. The van der Waals surface area contributed by atoms with Crippen molar-refractivity contribution in [3.63, 3.8) is 0 Å². The van der Waals surface area contributed by atoms with Gasteiger partial charge in [-0.05, 0) is 53.3 Å². The van der Waals surface area contributed by atoms with Crippen LogP contribution in [0.1, 0.15) is 17.2 Å². The highest BCUT2D eigenvalue weighted by Gasteiger charge is 2.16. The molecule has 0 aliphatic carbocycles. The number of rotatable bonds is 11. The van der Waals surface area contributed by atoms with Gasteiger partial charge in [-0.3, -0.25) is 4.72 Å². The fourth-order valence-corrected chi connectivity index (χ4v) is 4.59. The van der Waals surface area contributed by atoms with Crippen molar-refractivity contribution in [2.24, 2.45) is 0 Å². The van der Waals surface area contributed by atoms with Gasteiger partial charge in [0.25, 0.3) is 0 Å². The molecule has 2 atom stereocenters. The molecule has 0 aromatic heterocycles. The molecule has 0 heterocycles. The Morgan fingerprint density at radius 1 is 0.947 bits per heavy atom. The predicted octanol–water partition coefficient (Wildman–Crippen LogP) is 4.36. The molecule has 0 aliphatic heterocycles. The lowest BCUT2D eigenvalue weighted by molar-refractivity contribution is 0.158. The van der Waals surface area contributed by atoms with Gasteiger partial charge in [-0.2, -0.15) is 0 Å². The Labute approximate surface area is 228 Å². The molecule has 4 aromatic carbocycles. The minimum atomic E-state index is -3.59. The van der Waals surface area contributed by atoms with Crippen LogP contribution in [0.2, 0.25) is 0 Å². The number of hydrogen-bond donors (Lipinski definition) is 5. The number of aliphatic hydroxyl groups excluding tert-OH is 2. The highest BCUT2D eigenvalue weighted by Crippen LogP contribution is 2.30. The number of nitrogens with one attached hydrogen (secondary N) is 2. The monoisotopic (exact) mass is 558 g/mol. The summed E-state index contributed by atoms with van der Waals surface area (Å²) in [5.41, 5.74) is 1.39. The molecular weight excluding hydrogens is 528 g/mol. The van der Waals surface area contributed by atoms with E-state index in [-0.39, 0.29) is 43.0 Å². The molecule has 0 fully saturated rings. The lowest BCUT2D eigenvalue weighted by Gasteiger charge is -2.20. The smallest absolute Gasteiger partial charge is 0.229 e. The number of phenolic OH excluding ortho intramolecular Hbond substituents is 1. The molecule has 8 nitrogen and oxygen atoms in total. The summed E-state index contributed by atoms with van der Waals surface area (Å²) in [5.74, 6) is 1.24. The van der Waals surface area contributed by atoms with Gasteiger partial charge < -0.3 is 25.4 Å². The van der Waals surface area contributed by atoms with Gasteiger partial charge in [0.05, 0.1) is 24.7 Å². The first-order chi connectivity index (χ1) is 17.7. The topological polar surface area (TPSA) is 128 Å². The van der Waals surface area contributed by atoms with Gasteiger partial charge in [-0.1, -0.05) is 54.6 Å².